The SMILES string of the molecule is C\C=C(/N=C\C=C\C)C1=NCCC(C)=C1. The summed E-state index contributed by atoms with van der Waals surface area (Å²) in [4.78, 5) is 8.83. The summed E-state index contributed by atoms with van der Waals surface area (Å²) in [7, 11) is 0. The average molecular weight is 202 g/mol. The highest BCUT2D eigenvalue weighted by Gasteiger charge is 2.06. The highest BCUT2D eigenvalue weighted by atomic mass is 14.8. The molecule has 0 unspecified atom stereocenters. The molecule has 1 heterocycles. The number of rotatable bonds is 3. The van der Waals surface area contributed by atoms with Crippen LogP contribution in [0, 0.1) is 0 Å². The molecule has 0 amide bonds. The number of aliphatic imine (C=N–C) groups is 2. The summed E-state index contributed by atoms with van der Waals surface area (Å²) in [6.07, 6.45) is 10.9. The maximum atomic E-state index is 4.46. The van der Waals surface area contributed by atoms with E-state index in [1.54, 1.807) is 6.21 Å². The Bertz CT molecular complexity index is 355. The molecule has 0 radical (unpaired) electrons. The Morgan fingerprint density at radius 2 is 2.27 bits per heavy atom. The van der Waals surface area contributed by atoms with Crippen LogP contribution in [0.15, 0.2) is 45.6 Å². The van der Waals surface area contributed by atoms with Gasteiger partial charge in [0.2, 0.25) is 0 Å². The fourth-order valence-corrected chi connectivity index (χ4v) is 1.36. The Balaban J connectivity index is 2.81. The summed E-state index contributed by atoms with van der Waals surface area (Å²) >= 11 is 0. The lowest BCUT2D eigenvalue weighted by Gasteiger charge is -2.09. The maximum absolute atomic E-state index is 4.46. The van der Waals surface area contributed by atoms with Crippen LogP contribution >= 0.6 is 0 Å². The monoisotopic (exact) mass is 202 g/mol. The van der Waals surface area contributed by atoms with Crippen molar-refractivity contribution in [3.63, 3.8) is 0 Å². The van der Waals surface area contributed by atoms with E-state index >= 15 is 0 Å². The standard InChI is InChI=1S/C13H18N2/c1-4-6-8-14-12(5-2)13-10-11(3)7-9-15-13/h4-6,8,10H,7,9H2,1-3H3/b6-4+,12-5-,14-8-. The van der Waals surface area contributed by atoms with E-state index in [4.69, 9.17) is 0 Å². The first kappa shape index (κ1) is 11.6. The molecule has 2 heteroatoms. The smallest absolute Gasteiger partial charge is 0.0839 e. The highest BCUT2D eigenvalue weighted by molar-refractivity contribution is 6.09. The summed E-state index contributed by atoms with van der Waals surface area (Å²) < 4.78 is 0. The zero-order valence-corrected chi connectivity index (χ0v) is 9.70. The first-order valence-electron chi connectivity index (χ1n) is 5.31. The van der Waals surface area contributed by atoms with Crippen LogP contribution in [0.1, 0.15) is 27.2 Å². The average Bonchev–Trinajstić information content (AvgIpc) is 2.24. The Morgan fingerprint density at radius 3 is 2.87 bits per heavy atom. The molecule has 0 fully saturated rings. The summed E-state index contributed by atoms with van der Waals surface area (Å²) in [5.74, 6) is 0. The van der Waals surface area contributed by atoms with Crippen LogP contribution in [-0.4, -0.2) is 18.5 Å². The van der Waals surface area contributed by atoms with Crippen LogP contribution in [-0.2, 0) is 0 Å². The van der Waals surface area contributed by atoms with Crippen LogP contribution in [0.5, 0.6) is 0 Å². The number of hydrogen-bond acceptors (Lipinski definition) is 2. The molecule has 1 aliphatic heterocycles. The predicted molar refractivity (Wildman–Crippen MR) is 67.7 cm³/mol. The van der Waals surface area contributed by atoms with Gasteiger partial charge in [0.15, 0.2) is 0 Å². The van der Waals surface area contributed by atoms with Gasteiger partial charge in [-0.2, -0.15) is 0 Å². The maximum Gasteiger partial charge on any atom is 0.0839 e. The topological polar surface area (TPSA) is 24.7 Å². The van der Waals surface area contributed by atoms with Gasteiger partial charge in [0.05, 0.1) is 11.4 Å². The molecule has 0 saturated heterocycles. The van der Waals surface area contributed by atoms with Gasteiger partial charge in [-0.25, -0.2) is 0 Å². The summed E-state index contributed by atoms with van der Waals surface area (Å²) in [6, 6.07) is 0. The first-order chi connectivity index (χ1) is 7.27. The van der Waals surface area contributed by atoms with Crippen LogP contribution in [0.25, 0.3) is 0 Å². The predicted octanol–water partition coefficient (Wildman–Crippen LogP) is 3.33. The minimum Gasteiger partial charge on any atom is -0.283 e. The van der Waals surface area contributed by atoms with E-state index < -0.39 is 0 Å². The molecule has 1 aliphatic rings. The molecule has 0 spiro atoms. The lowest BCUT2D eigenvalue weighted by Crippen LogP contribution is -2.05. The van der Waals surface area contributed by atoms with Crippen molar-refractivity contribution >= 4 is 11.9 Å². The number of allylic oxidation sites excluding steroid dienone is 4. The van der Waals surface area contributed by atoms with Gasteiger partial charge < -0.3 is 0 Å². The van der Waals surface area contributed by atoms with Gasteiger partial charge in [0, 0.05) is 12.8 Å². The largest absolute Gasteiger partial charge is 0.283 e. The first-order valence-corrected chi connectivity index (χ1v) is 5.31. The molecule has 2 nitrogen and oxygen atoms in total. The van der Waals surface area contributed by atoms with E-state index in [-0.39, 0.29) is 0 Å². The fourth-order valence-electron chi connectivity index (χ4n) is 1.36. The molecule has 0 atom stereocenters. The van der Waals surface area contributed by atoms with E-state index in [0.29, 0.717) is 0 Å². The second kappa shape index (κ2) is 6.12. The van der Waals surface area contributed by atoms with Gasteiger partial charge in [0.25, 0.3) is 0 Å². The molecule has 80 valence electrons. The third kappa shape index (κ3) is 3.66. The van der Waals surface area contributed by atoms with Crippen molar-refractivity contribution in [2.75, 3.05) is 6.54 Å². The number of nitrogens with zero attached hydrogens (tertiary/aromatic N) is 2. The van der Waals surface area contributed by atoms with Crippen molar-refractivity contribution in [1.82, 2.24) is 0 Å². The van der Waals surface area contributed by atoms with E-state index in [0.717, 1.165) is 24.4 Å². The van der Waals surface area contributed by atoms with Crippen molar-refractivity contribution in [2.45, 2.75) is 27.2 Å². The molecular formula is C13H18N2. The Hall–Kier alpha value is -1.44. The number of hydrogen-bond donors (Lipinski definition) is 0. The summed E-state index contributed by atoms with van der Waals surface area (Å²) in [6.45, 7) is 6.98. The third-order valence-corrected chi connectivity index (χ3v) is 2.20. The molecule has 0 aromatic heterocycles. The van der Waals surface area contributed by atoms with Crippen molar-refractivity contribution < 1.29 is 0 Å². The lowest BCUT2D eigenvalue weighted by atomic mass is 10.1. The van der Waals surface area contributed by atoms with E-state index in [1.165, 1.54) is 5.57 Å². The zero-order valence-electron chi connectivity index (χ0n) is 9.70. The Morgan fingerprint density at radius 1 is 1.47 bits per heavy atom. The molecule has 0 saturated carbocycles. The van der Waals surface area contributed by atoms with Gasteiger partial charge in [-0.05, 0) is 39.3 Å². The van der Waals surface area contributed by atoms with Crippen LogP contribution in [0.4, 0.5) is 0 Å². The highest BCUT2D eigenvalue weighted by Crippen LogP contribution is 2.12. The molecule has 15 heavy (non-hydrogen) atoms. The third-order valence-electron chi connectivity index (χ3n) is 2.20. The quantitative estimate of drug-likeness (QED) is 0.627. The summed E-state index contributed by atoms with van der Waals surface area (Å²) in [5.41, 5.74) is 3.33. The fraction of sp³-hybridized carbons (Fsp3) is 0.385. The molecule has 0 N–H and O–H groups in total. The van der Waals surface area contributed by atoms with Crippen molar-refractivity contribution in [1.29, 1.82) is 0 Å². The molecular weight excluding hydrogens is 184 g/mol. The van der Waals surface area contributed by atoms with Crippen LogP contribution in [0.2, 0.25) is 0 Å². The lowest BCUT2D eigenvalue weighted by molar-refractivity contribution is 0.934. The molecule has 1 rings (SSSR count). The van der Waals surface area contributed by atoms with Gasteiger partial charge in [-0.1, -0.05) is 17.7 Å². The van der Waals surface area contributed by atoms with Gasteiger partial charge in [-0.3, -0.25) is 9.98 Å². The van der Waals surface area contributed by atoms with Crippen molar-refractivity contribution in [2.24, 2.45) is 9.98 Å². The minimum absolute atomic E-state index is 0.883. The second-order valence-corrected chi connectivity index (χ2v) is 3.49. The zero-order chi connectivity index (χ0) is 11.1. The van der Waals surface area contributed by atoms with Gasteiger partial charge in [-0.15, -0.1) is 0 Å². The van der Waals surface area contributed by atoms with Gasteiger partial charge in [0.1, 0.15) is 0 Å². The van der Waals surface area contributed by atoms with E-state index in [1.807, 2.05) is 32.1 Å². The number of dihydropyridines is 1. The molecule has 0 aromatic carbocycles. The Labute approximate surface area is 91.8 Å². The van der Waals surface area contributed by atoms with Crippen LogP contribution in [0.3, 0.4) is 0 Å². The minimum atomic E-state index is 0.883. The summed E-state index contributed by atoms with van der Waals surface area (Å²) in [5, 5.41) is 0. The van der Waals surface area contributed by atoms with Crippen molar-refractivity contribution in [3.8, 4) is 0 Å². The molecule has 0 bridgehead atoms. The second-order valence-electron chi connectivity index (χ2n) is 3.49. The van der Waals surface area contributed by atoms with Crippen LogP contribution < -0.4 is 0 Å². The Kier molecular flexibility index (Phi) is 4.75. The molecule has 0 aromatic rings. The van der Waals surface area contributed by atoms with Gasteiger partial charge >= 0.3 is 0 Å². The van der Waals surface area contributed by atoms with E-state index in [2.05, 4.69) is 23.0 Å². The normalized spacial score (nSPS) is 18.5. The van der Waals surface area contributed by atoms with E-state index in [9.17, 15) is 0 Å². The molecule has 0 aliphatic carbocycles. The van der Waals surface area contributed by atoms with Crippen molar-refractivity contribution in [3.05, 3.63) is 35.6 Å².